The zero-order valence-electron chi connectivity index (χ0n) is 10.9. The van der Waals surface area contributed by atoms with Gasteiger partial charge in [-0.05, 0) is 35.6 Å². The van der Waals surface area contributed by atoms with Crippen molar-refractivity contribution in [3.05, 3.63) is 64.1 Å². The maximum Gasteiger partial charge on any atom is 0.417 e. The predicted molar refractivity (Wildman–Crippen MR) is 81.1 cm³/mol. The topological polar surface area (TPSA) is 72.0 Å². The predicted octanol–water partition coefficient (Wildman–Crippen LogP) is 2.89. The molecule has 1 atom stereocenters. The van der Waals surface area contributed by atoms with Gasteiger partial charge in [0.15, 0.2) is 5.58 Å². The van der Waals surface area contributed by atoms with Crippen molar-refractivity contribution < 1.29 is 4.42 Å². The van der Waals surface area contributed by atoms with Gasteiger partial charge in [0.1, 0.15) is 0 Å². The van der Waals surface area contributed by atoms with E-state index >= 15 is 0 Å². The summed E-state index contributed by atoms with van der Waals surface area (Å²) in [5.74, 6) is -0.449. The van der Waals surface area contributed by atoms with Crippen LogP contribution in [0, 0.1) is 0 Å². The number of H-pyrrole nitrogens is 1. The molecule has 1 unspecified atom stereocenters. The van der Waals surface area contributed by atoms with Gasteiger partial charge in [0.25, 0.3) is 0 Å². The summed E-state index contributed by atoms with van der Waals surface area (Å²) >= 11 is 1.67. The number of benzene rings is 2. The Morgan fingerprint density at radius 3 is 2.85 bits per heavy atom. The Labute approximate surface area is 120 Å². The molecule has 0 saturated heterocycles. The molecule has 0 spiro atoms. The van der Waals surface area contributed by atoms with Crippen molar-refractivity contribution in [2.24, 2.45) is 5.73 Å². The minimum atomic E-state index is -0.449. The van der Waals surface area contributed by atoms with E-state index in [1.54, 1.807) is 11.8 Å². The number of rotatable bonds is 3. The van der Waals surface area contributed by atoms with Gasteiger partial charge in [0.05, 0.1) is 11.6 Å². The molecule has 3 aromatic rings. The van der Waals surface area contributed by atoms with Crippen LogP contribution in [0.2, 0.25) is 0 Å². The molecule has 2 aromatic carbocycles. The molecule has 20 heavy (non-hydrogen) atoms. The SMILES string of the molecule is CSc1ccccc1C(N)c1ccc2[nH]c(=O)oc2c1. The highest BCUT2D eigenvalue weighted by molar-refractivity contribution is 7.98. The largest absolute Gasteiger partial charge is 0.417 e. The van der Waals surface area contributed by atoms with Gasteiger partial charge >= 0.3 is 5.76 Å². The standard InChI is InChI=1S/C15H14N2O2S/c1-20-13-5-3-2-4-10(13)14(16)9-6-7-11-12(8-9)19-15(18)17-11/h2-8,14H,16H2,1H3,(H,17,18). The molecular weight excluding hydrogens is 272 g/mol. The molecule has 0 saturated carbocycles. The second-order valence-corrected chi connectivity index (χ2v) is 5.34. The monoisotopic (exact) mass is 286 g/mol. The highest BCUT2D eigenvalue weighted by Crippen LogP contribution is 2.29. The van der Waals surface area contributed by atoms with Crippen LogP contribution in [-0.2, 0) is 0 Å². The summed E-state index contributed by atoms with van der Waals surface area (Å²) in [6, 6.07) is 13.3. The van der Waals surface area contributed by atoms with Gasteiger partial charge in [0.2, 0.25) is 0 Å². The van der Waals surface area contributed by atoms with Crippen molar-refractivity contribution in [3.63, 3.8) is 0 Å². The number of hydrogen-bond donors (Lipinski definition) is 2. The maximum atomic E-state index is 11.2. The fourth-order valence-corrected chi connectivity index (χ4v) is 2.90. The molecule has 0 amide bonds. The van der Waals surface area contributed by atoms with Gasteiger partial charge in [-0.3, -0.25) is 4.98 Å². The number of aromatic nitrogens is 1. The molecule has 0 aliphatic rings. The lowest BCUT2D eigenvalue weighted by atomic mass is 9.99. The van der Waals surface area contributed by atoms with Crippen molar-refractivity contribution in [1.82, 2.24) is 4.98 Å². The Bertz CT molecular complexity index is 807. The summed E-state index contributed by atoms with van der Waals surface area (Å²) in [5.41, 5.74) is 9.55. The lowest BCUT2D eigenvalue weighted by molar-refractivity contribution is 0.555. The molecule has 0 aliphatic heterocycles. The van der Waals surface area contributed by atoms with Gasteiger partial charge in [-0.15, -0.1) is 11.8 Å². The van der Waals surface area contributed by atoms with Crippen molar-refractivity contribution >= 4 is 22.9 Å². The van der Waals surface area contributed by atoms with Crippen LogP contribution in [0.4, 0.5) is 0 Å². The fourth-order valence-electron chi connectivity index (χ4n) is 2.26. The summed E-state index contributed by atoms with van der Waals surface area (Å²) in [5, 5.41) is 0. The van der Waals surface area contributed by atoms with E-state index < -0.39 is 5.76 Å². The first-order valence-electron chi connectivity index (χ1n) is 6.20. The number of fused-ring (bicyclic) bond motifs is 1. The molecule has 0 fully saturated rings. The first-order chi connectivity index (χ1) is 9.69. The Morgan fingerprint density at radius 2 is 2.05 bits per heavy atom. The molecule has 3 rings (SSSR count). The van der Waals surface area contributed by atoms with Gasteiger partial charge in [-0.25, -0.2) is 4.79 Å². The zero-order valence-corrected chi connectivity index (χ0v) is 11.7. The number of thioether (sulfide) groups is 1. The highest BCUT2D eigenvalue weighted by Gasteiger charge is 2.14. The van der Waals surface area contributed by atoms with Gasteiger partial charge in [-0.2, -0.15) is 0 Å². The van der Waals surface area contributed by atoms with Crippen molar-refractivity contribution in [2.75, 3.05) is 6.26 Å². The second-order valence-electron chi connectivity index (χ2n) is 4.49. The average Bonchev–Trinajstić information content (AvgIpc) is 2.85. The Morgan fingerprint density at radius 1 is 1.25 bits per heavy atom. The maximum absolute atomic E-state index is 11.2. The molecule has 3 N–H and O–H groups in total. The molecule has 4 nitrogen and oxygen atoms in total. The molecule has 0 aliphatic carbocycles. The Hall–Kier alpha value is -1.98. The smallest absolute Gasteiger partial charge is 0.408 e. The van der Waals surface area contributed by atoms with Crippen LogP contribution < -0.4 is 11.5 Å². The third-order valence-corrected chi connectivity index (χ3v) is 4.09. The van der Waals surface area contributed by atoms with Gasteiger partial charge < -0.3 is 10.2 Å². The van der Waals surface area contributed by atoms with E-state index in [1.165, 1.54) is 0 Å². The molecule has 1 heterocycles. The molecule has 0 bridgehead atoms. The quantitative estimate of drug-likeness (QED) is 0.726. The normalized spacial score (nSPS) is 12.7. The van der Waals surface area contributed by atoms with Crippen LogP contribution in [-0.4, -0.2) is 11.2 Å². The number of nitrogens with one attached hydrogen (secondary N) is 1. The van der Waals surface area contributed by atoms with Crippen LogP contribution in [0.15, 0.2) is 56.6 Å². The molecule has 5 heteroatoms. The first kappa shape index (κ1) is 13.0. The molecular formula is C15H14N2O2S. The van der Waals surface area contributed by atoms with Crippen LogP contribution in [0.5, 0.6) is 0 Å². The van der Waals surface area contributed by atoms with Crippen LogP contribution >= 0.6 is 11.8 Å². The molecule has 0 radical (unpaired) electrons. The van der Waals surface area contributed by atoms with Gasteiger partial charge in [0, 0.05) is 4.90 Å². The van der Waals surface area contributed by atoms with E-state index in [0.717, 1.165) is 16.0 Å². The van der Waals surface area contributed by atoms with Crippen molar-refractivity contribution in [1.29, 1.82) is 0 Å². The summed E-state index contributed by atoms with van der Waals surface area (Å²) in [4.78, 5) is 15.0. The molecule has 1 aromatic heterocycles. The first-order valence-corrected chi connectivity index (χ1v) is 7.43. The van der Waals surface area contributed by atoms with E-state index in [4.69, 9.17) is 10.2 Å². The third-order valence-electron chi connectivity index (χ3n) is 3.28. The number of nitrogens with two attached hydrogens (primary N) is 1. The summed E-state index contributed by atoms with van der Waals surface area (Å²) in [7, 11) is 0. The minimum Gasteiger partial charge on any atom is -0.408 e. The highest BCUT2D eigenvalue weighted by atomic mass is 32.2. The fraction of sp³-hybridized carbons (Fsp3) is 0.133. The van der Waals surface area contributed by atoms with Crippen LogP contribution in [0.25, 0.3) is 11.1 Å². The number of hydrogen-bond acceptors (Lipinski definition) is 4. The summed E-state index contributed by atoms with van der Waals surface area (Å²) in [6.07, 6.45) is 2.03. The van der Waals surface area contributed by atoms with Crippen LogP contribution in [0.3, 0.4) is 0 Å². The molecule has 102 valence electrons. The van der Waals surface area contributed by atoms with Gasteiger partial charge in [-0.1, -0.05) is 24.3 Å². The second kappa shape index (κ2) is 5.19. The van der Waals surface area contributed by atoms with E-state index in [2.05, 4.69) is 11.1 Å². The van der Waals surface area contributed by atoms with Crippen LogP contribution in [0.1, 0.15) is 17.2 Å². The average molecular weight is 286 g/mol. The van der Waals surface area contributed by atoms with E-state index in [0.29, 0.717) is 11.1 Å². The zero-order chi connectivity index (χ0) is 14.1. The Balaban J connectivity index is 2.07. The lowest BCUT2D eigenvalue weighted by Gasteiger charge is -2.15. The summed E-state index contributed by atoms with van der Waals surface area (Å²) < 4.78 is 5.08. The Kier molecular flexibility index (Phi) is 3.38. The third kappa shape index (κ3) is 2.26. The lowest BCUT2D eigenvalue weighted by Crippen LogP contribution is -2.12. The number of aromatic amines is 1. The van der Waals surface area contributed by atoms with E-state index in [9.17, 15) is 4.79 Å². The van der Waals surface area contributed by atoms with E-state index in [-0.39, 0.29) is 6.04 Å². The van der Waals surface area contributed by atoms with E-state index in [1.807, 2.05) is 42.7 Å². The van der Waals surface area contributed by atoms with Crippen molar-refractivity contribution in [3.8, 4) is 0 Å². The summed E-state index contributed by atoms with van der Waals surface area (Å²) in [6.45, 7) is 0. The van der Waals surface area contributed by atoms with Crippen molar-refractivity contribution in [2.45, 2.75) is 10.9 Å². The minimum absolute atomic E-state index is 0.247. The number of oxazole rings is 1.